The Hall–Kier alpha value is -1.83. The largest absolute Gasteiger partial charge is 0.341 e. The fourth-order valence-electron chi connectivity index (χ4n) is 1.39. The molecule has 0 bridgehead atoms. The second kappa shape index (κ2) is 6.69. The van der Waals surface area contributed by atoms with Gasteiger partial charge in [-0.25, -0.2) is 4.99 Å². The van der Waals surface area contributed by atoms with Gasteiger partial charge in [0.25, 0.3) is 0 Å². The lowest BCUT2D eigenvalue weighted by molar-refractivity contribution is 1.13. The first-order valence-corrected chi connectivity index (χ1v) is 5.88. The maximum absolute atomic E-state index is 4.27. The normalized spacial score (nSPS) is 11.8. The molecular formula is C15H20N2. The van der Waals surface area contributed by atoms with Gasteiger partial charge in [-0.05, 0) is 37.5 Å². The van der Waals surface area contributed by atoms with Crippen molar-refractivity contribution in [2.24, 2.45) is 4.99 Å². The highest BCUT2D eigenvalue weighted by atomic mass is 15.0. The predicted octanol–water partition coefficient (Wildman–Crippen LogP) is 4.17. The molecule has 0 saturated heterocycles. The molecule has 0 saturated carbocycles. The molecule has 0 fully saturated rings. The summed E-state index contributed by atoms with van der Waals surface area (Å²) in [6.45, 7) is 10.0. The summed E-state index contributed by atoms with van der Waals surface area (Å²) in [6.07, 6.45) is 4.81. The van der Waals surface area contributed by atoms with Gasteiger partial charge in [-0.2, -0.15) is 0 Å². The quantitative estimate of drug-likeness (QED) is 0.751. The number of allylic oxidation sites excluding steroid dienone is 2. The molecule has 2 heteroatoms. The fraction of sp³-hybridized carbons (Fsp3) is 0.267. The van der Waals surface area contributed by atoms with E-state index >= 15 is 0 Å². The van der Waals surface area contributed by atoms with E-state index < -0.39 is 0 Å². The van der Waals surface area contributed by atoms with Crippen LogP contribution in [0.2, 0.25) is 0 Å². The molecule has 90 valence electrons. The Labute approximate surface area is 104 Å². The van der Waals surface area contributed by atoms with Crippen LogP contribution in [0.1, 0.15) is 26.3 Å². The van der Waals surface area contributed by atoms with Crippen LogP contribution < -0.4 is 5.32 Å². The number of rotatable bonds is 5. The van der Waals surface area contributed by atoms with Gasteiger partial charge in [0.15, 0.2) is 0 Å². The van der Waals surface area contributed by atoms with Gasteiger partial charge >= 0.3 is 0 Å². The van der Waals surface area contributed by atoms with Crippen molar-refractivity contribution in [3.63, 3.8) is 0 Å². The van der Waals surface area contributed by atoms with E-state index in [9.17, 15) is 0 Å². The van der Waals surface area contributed by atoms with Crippen LogP contribution in [0.4, 0.5) is 5.69 Å². The maximum atomic E-state index is 4.27. The maximum Gasteiger partial charge on any atom is 0.123 e. The Morgan fingerprint density at radius 2 is 2.12 bits per heavy atom. The van der Waals surface area contributed by atoms with Gasteiger partial charge in [-0.1, -0.05) is 37.8 Å². The Bertz CT molecular complexity index is 442. The van der Waals surface area contributed by atoms with Crippen molar-refractivity contribution in [2.75, 3.05) is 5.32 Å². The van der Waals surface area contributed by atoms with Crippen LogP contribution >= 0.6 is 0 Å². The van der Waals surface area contributed by atoms with E-state index in [0.29, 0.717) is 5.82 Å². The van der Waals surface area contributed by atoms with E-state index in [1.807, 2.05) is 44.3 Å². The van der Waals surface area contributed by atoms with E-state index in [-0.39, 0.29) is 0 Å². The smallest absolute Gasteiger partial charge is 0.123 e. The monoisotopic (exact) mass is 228 g/mol. The molecule has 0 aliphatic rings. The first-order valence-electron chi connectivity index (χ1n) is 5.88. The number of anilines is 1. The van der Waals surface area contributed by atoms with Gasteiger partial charge in [0.2, 0.25) is 0 Å². The molecule has 0 aliphatic heterocycles. The SMILES string of the molecule is C=C(/N=C\C(C)=C/C)Nc1ccccc1CC. The minimum absolute atomic E-state index is 0.659. The zero-order chi connectivity index (χ0) is 12.7. The van der Waals surface area contributed by atoms with Gasteiger partial charge in [0, 0.05) is 11.9 Å². The zero-order valence-corrected chi connectivity index (χ0v) is 10.8. The van der Waals surface area contributed by atoms with E-state index in [4.69, 9.17) is 0 Å². The minimum Gasteiger partial charge on any atom is -0.341 e. The number of benzene rings is 1. The van der Waals surface area contributed by atoms with E-state index in [1.54, 1.807) is 0 Å². The summed E-state index contributed by atoms with van der Waals surface area (Å²) in [5.41, 5.74) is 3.47. The van der Waals surface area contributed by atoms with Crippen molar-refractivity contribution in [3.05, 3.63) is 53.9 Å². The second-order valence-electron chi connectivity index (χ2n) is 3.87. The van der Waals surface area contributed by atoms with Crippen LogP contribution in [-0.4, -0.2) is 6.21 Å². The number of hydrogen-bond donors (Lipinski definition) is 1. The molecule has 0 unspecified atom stereocenters. The first kappa shape index (κ1) is 13.2. The number of aliphatic imine (C=N–C) groups is 1. The predicted molar refractivity (Wildman–Crippen MR) is 76.5 cm³/mol. The molecule has 0 spiro atoms. The molecule has 1 aromatic rings. The summed E-state index contributed by atoms with van der Waals surface area (Å²) < 4.78 is 0. The molecule has 1 rings (SSSR count). The van der Waals surface area contributed by atoms with Crippen molar-refractivity contribution in [1.29, 1.82) is 0 Å². The summed E-state index contributed by atoms with van der Waals surface area (Å²) in [7, 11) is 0. The lowest BCUT2D eigenvalue weighted by atomic mass is 10.1. The average Bonchev–Trinajstić information content (AvgIpc) is 2.36. The van der Waals surface area contributed by atoms with Crippen molar-refractivity contribution in [3.8, 4) is 0 Å². The standard InChI is InChI=1S/C15H20N2/c1-5-12(3)11-16-13(4)17-15-10-8-7-9-14(15)6-2/h5,7-11,17H,4,6H2,1-3H3/b12-5-,16-11-. The molecule has 0 aromatic heterocycles. The summed E-state index contributed by atoms with van der Waals surface area (Å²) in [6, 6.07) is 8.20. The van der Waals surface area contributed by atoms with Crippen molar-refractivity contribution >= 4 is 11.9 Å². The molecular weight excluding hydrogens is 208 g/mol. The summed E-state index contributed by atoms with van der Waals surface area (Å²) in [5.74, 6) is 0.659. The molecule has 0 aliphatic carbocycles. The topological polar surface area (TPSA) is 24.4 Å². The molecule has 0 atom stereocenters. The van der Waals surface area contributed by atoms with Crippen LogP contribution in [-0.2, 0) is 6.42 Å². The highest BCUT2D eigenvalue weighted by Gasteiger charge is 1.99. The third kappa shape index (κ3) is 4.27. The molecule has 0 amide bonds. The Balaban J connectivity index is 2.71. The molecule has 0 radical (unpaired) electrons. The number of para-hydroxylation sites is 1. The molecule has 17 heavy (non-hydrogen) atoms. The second-order valence-corrected chi connectivity index (χ2v) is 3.87. The van der Waals surface area contributed by atoms with Crippen molar-refractivity contribution < 1.29 is 0 Å². The Kier molecular flexibility index (Phi) is 5.21. The van der Waals surface area contributed by atoms with E-state index in [0.717, 1.165) is 17.7 Å². The zero-order valence-electron chi connectivity index (χ0n) is 10.8. The van der Waals surface area contributed by atoms with Crippen LogP contribution in [0, 0.1) is 0 Å². The third-order valence-corrected chi connectivity index (χ3v) is 2.56. The van der Waals surface area contributed by atoms with Crippen LogP contribution in [0.15, 0.2) is 53.3 Å². The van der Waals surface area contributed by atoms with E-state index in [2.05, 4.69) is 29.9 Å². The van der Waals surface area contributed by atoms with Gasteiger partial charge in [0.05, 0.1) is 0 Å². The molecule has 1 aromatic carbocycles. The summed E-state index contributed by atoms with van der Waals surface area (Å²) >= 11 is 0. The van der Waals surface area contributed by atoms with E-state index in [1.165, 1.54) is 5.56 Å². The lowest BCUT2D eigenvalue weighted by Gasteiger charge is -2.09. The van der Waals surface area contributed by atoms with Gasteiger partial charge in [0.1, 0.15) is 5.82 Å². The molecule has 0 heterocycles. The third-order valence-electron chi connectivity index (χ3n) is 2.56. The number of hydrogen-bond acceptors (Lipinski definition) is 2. The van der Waals surface area contributed by atoms with Crippen LogP contribution in [0.3, 0.4) is 0 Å². The molecule has 1 N–H and O–H groups in total. The lowest BCUT2D eigenvalue weighted by Crippen LogP contribution is -1.99. The van der Waals surface area contributed by atoms with Crippen molar-refractivity contribution in [2.45, 2.75) is 27.2 Å². The average molecular weight is 228 g/mol. The number of nitrogens with zero attached hydrogens (tertiary/aromatic N) is 1. The Morgan fingerprint density at radius 1 is 1.41 bits per heavy atom. The first-order chi connectivity index (χ1) is 8.17. The van der Waals surface area contributed by atoms with Crippen molar-refractivity contribution in [1.82, 2.24) is 0 Å². The summed E-state index contributed by atoms with van der Waals surface area (Å²) in [5, 5.41) is 3.22. The minimum atomic E-state index is 0.659. The highest BCUT2D eigenvalue weighted by molar-refractivity contribution is 5.78. The van der Waals surface area contributed by atoms with Crippen LogP contribution in [0.25, 0.3) is 0 Å². The highest BCUT2D eigenvalue weighted by Crippen LogP contribution is 2.17. The van der Waals surface area contributed by atoms with Gasteiger partial charge in [-0.15, -0.1) is 0 Å². The van der Waals surface area contributed by atoms with Crippen LogP contribution in [0.5, 0.6) is 0 Å². The fourth-order valence-corrected chi connectivity index (χ4v) is 1.39. The Morgan fingerprint density at radius 3 is 2.76 bits per heavy atom. The molecule has 2 nitrogen and oxygen atoms in total. The number of aryl methyl sites for hydroxylation is 1. The van der Waals surface area contributed by atoms with Gasteiger partial charge in [-0.3, -0.25) is 0 Å². The number of nitrogens with one attached hydrogen (secondary N) is 1. The summed E-state index contributed by atoms with van der Waals surface area (Å²) in [4.78, 5) is 4.27. The van der Waals surface area contributed by atoms with Gasteiger partial charge < -0.3 is 5.32 Å².